The van der Waals surface area contributed by atoms with E-state index in [0.717, 1.165) is 78.0 Å². The number of phenolic OH excluding ortho intramolecular Hbond substituents is 1. The van der Waals surface area contributed by atoms with E-state index in [1.165, 1.54) is 5.56 Å². The Kier molecular flexibility index (Phi) is 9.01. The van der Waals surface area contributed by atoms with Crippen LogP contribution in [-0.2, 0) is 10.8 Å². The lowest BCUT2D eigenvalue weighted by atomic mass is 9.79. The van der Waals surface area contributed by atoms with E-state index in [-0.39, 0.29) is 16.6 Å². The predicted molar refractivity (Wildman–Crippen MR) is 230 cm³/mol. The van der Waals surface area contributed by atoms with Gasteiger partial charge in [0.15, 0.2) is 0 Å². The summed E-state index contributed by atoms with van der Waals surface area (Å²) in [6, 6.07) is 51.0. The lowest BCUT2D eigenvalue weighted by Crippen LogP contribution is -2.17. The molecule has 4 nitrogen and oxygen atoms in total. The minimum atomic E-state index is -0.284. The molecule has 4 heteroatoms. The van der Waals surface area contributed by atoms with Gasteiger partial charge in [0, 0.05) is 28.6 Å². The topological polar surface area (TPSA) is 50.9 Å². The molecule has 55 heavy (non-hydrogen) atoms. The van der Waals surface area contributed by atoms with Crippen molar-refractivity contribution < 1.29 is 5.11 Å². The highest BCUT2D eigenvalue weighted by molar-refractivity contribution is 5.97. The first-order chi connectivity index (χ1) is 26.4. The van der Waals surface area contributed by atoms with E-state index in [0.29, 0.717) is 5.82 Å². The molecule has 0 aliphatic heterocycles. The zero-order valence-electron chi connectivity index (χ0n) is 32.7. The molecule has 8 rings (SSSR count). The maximum absolute atomic E-state index is 12.1. The molecular formula is C51H47N3O. The molecule has 0 fully saturated rings. The first-order valence-corrected chi connectivity index (χ1v) is 19.1. The van der Waals surface area contributed by atoms with E-state index in [1.54, 1.807) is 0 Å². The van der Waals surface area contributed by atoms with Gasteiger partial charge in [0.2, 0.25) is 0 Å². The molecule has 0 aliphatic rings. The van der Waals surface area contributed by atoms with E-state index in [2.05, 4.69) is 186 Å². The van der Waals surface area contributed by atoms with Gasteiger partial charge in [0.05, 0.1) is 22.3 Å². The number of hydrogen-bond donors (Lipinski definition) is 1. The molecule has 0 saturated carbocycles. The van der Waals surface area contributed by atoms with Gasteiger partial charge in [-0.05, 0) is 105 Å². The summed E-state index contributed by atoms with van der Waals surface area (Å²) < 4.78 is 2.20. The molecule has 0 bridgehead atoms. The van der Waals surface area contributed by atoms with Gasteiger partial charge in [-0.15, -0.1) is 0 Å². The van der Waals surface area contributed by atoms with Crippen LogP contribution in [0.2, 0.25) is 0 Å². The first kappa shape index (κ1) is 35.8. The van der Waals surface area contributed by atoms with Gasteiger partial charge in [0.25, 0.3) is 0 Å². The Morgan fingerprint density at radius 1 is 0.527 bits per heavy atom. The molecule has 0 unspecified atom stereocenters. The Morgan fingerprint density at radius 3 is 1.80 bits per heavy atom. The fraction of sp³-hybridized carbons (Fsp3) is 0.176. The number of fused-ring (bicyclic) bond motifs is 1. The Balaban J connectivity index is 1.41. The first-order valence-electron chi connectivity index (χ1n) is 19.1. The zero-order chi connectivity index (χ0) is 38.5. The highest BCUT2D eigenvalue weighted by atomic mass is 16.3. The van der Waals surface area contributed by atoms with Crippen LogP contribution in [0, 0.1) is 6.92 Å². The number of para-hydroxylation sites is 2. The van der Waals surface area contributed by atoms with Crippen LogP contribution in [0.5, 0.6) is 5.75 Å². The summed E-state index contributed by atoms with van der Waals surface area (Å²) in [5.41, 5.74) is 14.8. The molecule has 0 spiro atoms. The normalized spacial score (nSPS) is 12.0. The number of nitrogens with zero attached hydrogens (tertiary/aromatic N) is 3. The van der Waals surface area contributed by atoms with Crippen molar-refractivity contribution in [3.8, 4) is 67.5 Å². The van der Waals surface area contributed by atoms with Crippen molar-refractivity contribution in [2.75, 3.05) is 0 Å². The molecule has 0 aliphatic carbocycles. The second-order valence-corrected chi connectivity index (χ2v) is 16.6. The molecule has 272 valence electrons. The van der Waals surface area contributed by atoms with Crippen molar-refractivity contribution in [3.05, 3.63) is 168 Å². The van der Waals surface area contributed by atoms with E-state index < -0.39 is 0 Å². The van der Waals surface area contributed by atoms with E-state index in [4.69, 9.17) is 9.97 Å². The molecular weight excluding hydrogens is 671 g/mol. The molecule has 2 aromatic heterocycles. The zero-order valence-corrected chi connectivity index (χ0v) is 32.7. The standard InChI is InChI=1S/C51H47N3O/c1-33-32-52-45(31-42(33)35-20-13-9-14-21-35)38-27-36(34-18-11-8-12-19-34)26-37(28-38)41-24-17-25-46-47(41)53-49(54(46)40-22-15-10-16-23-40)43-29-39(50(2,3)4)30-44(48(43)55)51(5,6)7/h8-32,55H,1-7H3. The average molecular weight is 718 g/mol. The molecule has 8 aromatic rings. The second kappa shape index (κ2) is 13.9. The van der Waals surface area contributed by atoms with Crippen molar-refractivity contribution in [3.63, 3.8) is 0 Å². The molecule has 0 amide bonds. The maximum Gasteiger partial charge on any atom is 0.149 e. The van der Waals surface area contributed by atoms with E-state index in [9.17, 15) is 5.11 Å². The number of aromatic nitrogens is 3. The predicted octanol–water partition coefficient (Wildman–Crippen LogP) is 13.4. The van der Waals surface area contributed by atoms with Crippen LogP contribution in [0.25, 0.3) is 72.7 Å². The van der Waals surface area contributed by atoms with Crippen LogP contribution < -0.4 is 0 Å². The third-order valence-corrected chi connectivity index (χ3v) is 10.6. The number of imidazole rings is 1. The number of benzene rings is 6. The molecule has 0 atom stereocenters. The van der Waals surface area contributed by atoms with Gasteiger partial charge in [-0.2, -0.15) is 0 Å². The second-order valence-electron chi connectivity index (χ2n) is 16.6. The molecule has 2 heterocycles. The Hall–Kier alpha value is -6.26. The third-order valence-electron chi connectivity index (χ3n) is 10.6. The summed E-state index contributed by atoms with van der Waals surface area (Å²) in [5, 5.41) is 12.1. The fourth-order valence-electron chi connectivity index (χ4n) is 7.50. The summed E-state index contributed by atoms with van der Waals surface area (Å²) in [5.74, 6) is 0.970. The van der Waals surface area contributed by atoms with Crippen LogP contribution in [-0.4, -0.2) is 19.6 Å². The number of phenols is 1. The van der Waals surface area contributed by atoms with E-state index >= 15 is 0 Å². The highest BCUT2D eigenvalue weighted by Gasteiger charge is 2.28. The Labute approximate surface area is 324 Å². The van der Waals surface area contributed by atoms with Crippen molar-refractivity contribution in [1.82, 2.24) is 14.5 Å². The van der Waals surface area contributed by atoms with Crippen molar-refractivity contribution >= 4 is 11.0 Å². The van der Waals surface area contributed by atoms with Crippen LogP contribution in [0.15, 0.2) is 152 Å². The monoisotopic (exact) mass is 717 g/mol. The number of rotatable bonds is 6. The Morgan fingerprint density at radius 2 is 1.15 bits per heavy atom. The van der Waals surface area contributed by atoms with Gasteiger partial charge in [0.1, 0.15) is 11.6 Å². The smallest absolute Gasteiger partial charge is 0.149 e. The summed E-state index contributed by atoms with van der Waals surface area (Å²) in [4.78, 5) is 10.5. The highest BCUT2D eigenvalue weighted by Crippen LogP contribution is 2.45. The van der Waals surface area contributed by atoms with Crippen LogP contribution >= 0.6 is 0 Å². The van der Waals surface area contributed by atoms with Gasteiger partial charge < -0.3 is 5.11 Å². The van der Waals surface area contributed by atoms with Gasteiger partial charge in [-0.3, -0.25) is 9.55 Å². The Bertz CT molecular complexity index is 2660. The van der Waals surface area contributed by atoms with Crippen LogP contribution in [0.4, 0.5) is 0 Å². The maximum atomic E-state index is 12.1. The molecule has 0 saturated heterocycles. The van der Waals surface area contributed by atoms with Gasteiger partial charge in [-0.1, -0.05) is 139 Å². The lowest BCUT2D eigenvalue weighted by Gasteiger charge is -2.27. The lowest BCUT2D eigenvalue weighted by molar-refractivity contribution is 0.446. The number of aryl methyl sites for hydroxylation is 1. The van der Waals surface area contributed by atoms with Gasteiger partial charge in [-0.25, -0.2) is 4.98 Å². The SMILES string of the molecule is Cc1cnc(-c2cc(-c3ccccc3)cc(-c3cccc4c3nc(-c3cc(C(C)(C)C)cc(C(C)(C)C)c3O)n4-c3ccccc3)c2)cc1-c1ccccc1. The fourth-order valence-corrected chi connectivity index (χ4v) is 7.50. The average Bonchev–Trinajstić information content (AvgIpc) is 3.58. The quantitative estimate of drug-likeness (QED) is 0.186. The van der Waals surface area contributed by atoms with Crippen molar-refractivity contribution in [1.29, 1.82) is 0 Å². The minimum Gasteiger partial charge on any atom is -0.507 e. The summed E-state index contributed by atoms with van der Waals surface area (Å²) in [6.07, 6.45) is 1.98. The summed E-state index contributed by atoms with van der Waals surface area (Å²) in [7, 11) is 0. The number of pyridine rings is 1. The third kappa shape index (κ3) is 6.85. The van der Waals surface area contributed by atoms with Gasteiger partial charge >= 0.3 is 0 Å². The summed E-state index contributed by atoms with van der Waals surface area (Å²) in [6.45, 7) is 15.2. The number of aromatic hydroxyl groups is 1. The molecule has 1 N–H and O–H groups in total. The number of hydrogen-bond acceptors (Lipinski definition) is 3. The summed E-state index contributed by atoms with van der Waals surface area (Å²) >= 11 is 0. The molecule has 6 aromatic carbocycles. The minimum absolute atomic E-state index is 0.143. The van der Waals surface area contributed by atoms with Crippen molar-refractivity contribution in [2.45, 2.75) is 59.3 Å². The van der Waals surface area contributed by atoms with Crippen molar-refractivity contribution in [2.24, 2.45) is 0 Å². The van der Waals surface area contributed by atoms with E-state index in [1.807, 2.05) is 18.3 Å². The van der Waals surface area contributed by atoms with Crippen LogP contribution in [0.1, 0.15) is 58.2 Å². The largest absolute Gasteiger partial charge is 0.507 e. The van der Waals surface area contributed by atoms with Crippen LogP contribution in [0.3, 0.4) is 0 Å². The molecule has 0 radical (unpaired) electrons.